The van der Waals surface area contributed by atoms with Gasteiger partial charge in [-0.1, -0.05) is 55.7 Å². The summed E-state index contributed by atoms with van der Waals surface area (Å²) in [5, 5.41) is 0. The maximum atomic E-state index is 13.8. The van der Waals surface area contributed by atoms with Gasteiger partial charge in [-0.25, -0.2) is 0 Å². The zero-order chi connectivity index (χ0) is 21.8. The Morgan fingerprint density at radius 2 is 1.61 bits per heavy atom. The van der Waals surface area contributed by atoms with Crippen LogP contribution in [-0.4, -0.2) is 48.4 Å². The van der Waals surface area contributed by atoms with Crippen LogP contribution in [0.4, 0.5) is 0 Å². The number of carbonyl (C=O) groups excluding carboxylic acids is 2. The maximum Gasteiger partial charge on any atom is 0.250 e. The summed E-state index contributed by atoms with van der Waals surface area (Å²) in [6.45, 7) is 0.545. The average molecular weight is 423 g/mol. The molecule has 0 bridgehead atoms. The Morgan fingerprint density at radius 3 is 2.29 bits per heavy atom. The van der Waals surface area contributed by atoms with Gasteiger partial charge in [0.25, 0.3) is 5.91 Å². The third-order valence-electron chi connectivity index (χ3n) is 6.39. The molecule has 1 aliphatic carbocycles. The normalized spacial score (nSPS) is 20.1. The predicted molar refractivity (Wildman–Crippen MR) is 118 cm³/mol. The first-order chi connectivity index (χ1) is 15.1. The van der Waals surface area contributed by atoms with Crippen LogP contribution in [0.2, 0.25) is 0 Å². The third-order valence-corrected chi connectivity index (χ3v) is 6.39. The molecule has 2 amide bonds. The highest BCUT2D eigenvalue weighted by atomic mass is 16.5. The summed E-state index contributed by atoms with van der Waals surface area (Å²) >= 11 is 0. The van der Waals surface area contributed by atoms with Crippen molar-refractivity contribution in [3.63, 3.8) is 0 Å². The molecule has 31 heavy (non-hydrogen) atoms. The van der Waals surface area contributed by atoms with Crippen LogP contribution in [0.25, 0.3) is 0 Å². The Kier molecular flexibility index (Phi) is 6.44. The highest BCUT2D eigenvalue weighted by molar-refractivity contribution is 5.96. The van der Waals surface area contributed by atoms with Crippen molar-refractivity contribution in [3.05, 3.63) is 59.7 Å². The Labute approximate surface area is 183 Å². The number of ether oxygens (including phenoxy) is 2. The molecule has 0 spiro atoms. The van der Waals surface area contributed by atoms with E-state index in [1.807, 2.05) is 47.4 Å². The second kappa shape index (κ2) is 9.41. The Morgan fingerprint density at radius 1 is 0.903 bits per heavy atom. The molecular weight excluding hydrogens is 392 g/mol. The summed E-state index contributed by atoms with van der Waals surface area (Å²) in [5.41, 5.74) is 1.74. The quantitative estimate of drug-likeness (QED) is 0.707. The summed E-state index contributed by atoms with van der Waals surface area (Å²) < 4.78 is 10.8. The van der Waals surface area contributed by atoms with E-state index in [9.17, 15) is 9.59 Å². The van der Waals surface area contributed by atoms with Gasteiger partial charge in [0.2, 0.25) is 5.91 Å². The average Bonchev–Trinajstić information content (AvgIpc) is 2.82. The number of piperazine rings is 1. The van der Waals surface area contributed by atoms with Crippen LogP contribution in [0, 0.1) is 0 Å². The number of methoxy groups -OCH3 is 2. The first-order valence-electron chi connectivity index (χ1n) is 11.0. The van der Waals surface area contributed by atoms with Crippen molar-refractivity contribution in [3.8, 4) is 11.5 Å². The summed E-state index contributed by atoms with van der Waals surface area (Å²) in [6.07, 6.45) is 5.35. The summed E-state index contributed by atoms with van der Waals surface area (Å²) in [5.74, 6) is 1.12. The van der Waals surface area contributed by atoms with Crippen LogP contribution in [-0.2, 0) is 16.1 Å². The van der Waals surface area contributed by atoms with E-state index < -0.39 is 6.04 Å². The van der Waals surface area contributed by atoms with E-state index in [1.165, 1.54) is 6.42 Å². The minimum atomic E-state index is -0.678. The lowest BCUT2D eigenvalue weighted by Crippen LogP contribution is -2.58. The zero-order valence-electron chi connectivity index (χ0n) is 18.3. The number of carbonyl (C=O) groups is 2. The standard InChI is InChI=1S/C25H30N2O4/c1-30-21-14-13-19(15-22(21)31-2)24-25(29)26(20-11-7-4-8-12-20)17-23(28)27(24)16-18-9-5-3-6-10-18/h3,5-6,9-10,13-15,20,24H,4,7-8,11-12,16-17H2,1-2H3/t24-/m1/s1. The van der Waals surface area contributed by atoms with Crippen LogP contribution in [0.3, 0.4) is 0 Å². The molecule has 2 fully saturated rings. The van der Waals surface area contributed by atoms with Gasteiger partial charge in [-0.15, -0.1) is 0 Å². The molecule has 2 aliphatic rings. The van der Waals surface area contributed by atoms with Gasteiger partial charge in [0.05, 0.1) is 14.2 Å². The number of benzene rings is 2. The molecule has 1 atom stereocenters. The van der Waals surface area contributed by atoms with E-state index in [2.05, 4.69) is 0 Å². The number of nitrogens with zero attached hydrogens (tertiary/aromatic N) is 2. The minimum Gasteiger partial charge on any atom is -0.493 e. The number of amides is 2. The van der Waals surface area contributed by atoms with Crippen LogP contribution in [0.15, 0.2) is 48.5 Å². The number of hydrogen-bond acceptors (Lipinski definition) is 4. The van der Waals surface area contributed by atoms with Gasteiger partial charge in [0.1, 0.15) is 12.6 Å². The fraction of sp³-hybridized carbons (Fsp3) is 0.440. The van der Waals surface area contributed by atoms with Gasteiger partial charge in [-0.2, -0.15) is 0 Å². The van der Waals surface area contributed by atoms with Crippen molar-refractivity contribution in [1.29, 1.82) is 0 Å². The molecule has 2 aromatic carbocycles. The summed E-state index contributed by atoms with van der Waals surface area (Å²) in [4.78, 5) is 30.7. The van der Waals surface area contributed by atoms with E-state index in [1.54, 1.807) is 25.2 Å². The van der Waals surface area contributed by atoms with Crippen molar-refractivity contribution in [2.24, 2.45) is 0 Å². The predicted octanol–water partition coefficient (Wildman–Crippen LogP) is 3.95. The number of hydrogen-bond donors (Lipinski definition) is 0. The van der Waals surface area contributed by atoms with Crippen molar-refractivity contribution in [2.45, 2.75) is 50.7 Å². The van der Waals surface area contributed by atoms with Crippen molar-refractivity contribution < 1.29 is 19.1 Å². The first-order valence-corrected chi connectivity index (χ1v) is 11.0. The van der Waals surface area contributed by atoms with Crippen molar-refractivity contribution >= 4 is 11.8 Å². The van der Waals surface area contributed by atoms with Gasteiger partial charge in [0, 0.05) is 12.6 Å². The van der Waals surface area contributed by atoms with Crippen LogP contribution < -0.4 is 9.47 Å². The highest BCUT2D eigenvalue weighted by Gasteiger charge is 2.43. The highest BCUT2D eigenvalue weighted by Crippen LogP contribution is 2.37. The molecule has 2 aromatic rings. The van der Waals surface area contributed by atoms with E-state index >= 15 is 0 Å². The Bertz CT molecular complexity index is 924. The largest absolute Gasteiger partial charge is 0.493 e. The minimum absolute atomic E-state index is 0.00495. The second-order valence-corrected chi connectivity index (χ2v) is 8.28. The molecule has 1 aliphatic heterocycles. The molecule has 1 saturated heterocycles. The monoisotopic (exact) mass is 422 g/mol. The molecule has 0 N–H and O–H groups in total. The SMILES string of the molecule is COc1ccc([C@@H]2C(=O)N(C3CCCCC3)CC(=O)N2Cc2ccccc2)cc1OC. The molecule has 0 radical (unpaired) electrons. The number of rotatable bonds is 6. The van der Waals surface area contributed by atoms with Gasteiger partial charge in [-0.05, 0) is 36.1 Å². The van der Waals surface area contributed by atoms with Gasteiger partial charge < -0.3 is 19.3 Å². The van der Waals surface area contributed by atoms with Crippen molar-refractivity contribution in [2.75, 3.05) is 20.8 Å². The van der Waals surface area contributed by atoms with E-state index in [4.69, 9.17) is 9.47 Å². The molecule has 0 aromatic heterocycles. The lowest BCUT2D eigenvalue weighted by atomic mass is 9.91. The molecule has 1 saturated carbocycles. The van der Waals surface area contributed by atoms with Gasteiger partial charge in [0.15, 0.2) is 11.5 Å². The van der Waals surface area contributed by atoms with E-state index in [0.717, 1.165) is 36.8 Å². The summed E-state index contributed by atoms with van der Waals surface area (Å²) in [6, 6.07) is 14.8. The third kappa shape index (κ3) is 4.38. The molecule has 4 rings (SSSR count). The van der Waals surface area contributed by atoms with Crippen LogP contribution in [0.5, 0.6) is 11.5 Å². The molecular formula is C25H30N2O4. The molecule has 0 unspecified atom stereocenters. The smallest absolute Gasteiger partial charge is 0.250 e. The Hall–Kier alpha value is -3.02. The lowest BCUT2D eigenvalue weighted by Gasteiger charge is -2.44. The molecule has 6 heteroatoms. The maximum absolute atomic E-state index is 13.8. The van der Waals surface area contributed by atoms with Gasteiger partial charge in [-0.3, -0.25) is 9.59 Å². The second-order valence-electron chi connectivity index (χ2n) is 8.28. The first kappa shape index (κ1) is 21.2. The topological polar surface area (TPSA) is 59.1 Å². The fourth-order valence-electron chi connectivity index (χ4n) is 4.76. The fourth-order valence-corrected chi connectivity index (χ4v) is 4.76. The zero-order valence-corrected chi connectivity index (χ0v) is 18.3. The van der Waals surface area contributed by atoms with Crippen LogP contribution in [0.1, 0.15) is 49.3 Å². The van der Waals surface area contributed by atoms with Gasteiger partial charge >= 0.3 is 0 Å². The molecule has 164 valence electrons. The van der Waals surface area contributed by atoms with Crippen molar-refractivity contribution in [1.82, 2.24) is 9.80 Å². The van der Waals surface area contributed by atoms with E-state index in [-0.39, 0.29) is 24.4 Å². The Balaban J connectivity index is 1.71. The molecule has 1 heterocycles. The summed E-state index contributed by atoms with van der Waals surface area (Å²) in [7, 11) is 3.16. The van der Waals surface area contributed by atoms with Crippen LogP contribution >= 0.6 is 0 Å². The lowest BCUT2D eigenvalue weighted by molar-refractivity contribution is -0.160. The van der Waals surface area contributed by atoms with E-state index in [0.29, 0.717) is 18.0 Å². The molecule has 6 nitrogen and oxygen atoms in total.